The smallest absolute Gasteiger partial charge is 0.198 e. The van der Waals surface area contributed by atoms with E-state index in [0.717, 1.165) is 19.3 Å². The maximum atomic E-state index is 2.46. The van der Waals surface area contributed by atoms with E-state index in [4.69, 9.17) is 0 Å². The van der Waals surface area contributed by atoms with Gasteiger partial charge in [-0.1, -0.05) is 416 Å². The normalized spacial score (nSPS) is 11.8. The van der Waals surface area contributed by atoms with E-state index in [-0.39, 0.29) is 0 Å². The van der Waals surface area contributed by atoms with Crippen molar-refractivity contribution in [1.29, 1.82) is 0 Å². The van der Waals surface area contributed by atoms with Crippen LogP contribution in [0.2, 0.25) is 65.5 Å². The Morgan fingerprint density at radius 2 is 0.436 bits per heavy atom. The molecular formula is C139H158N5Si5+5. The first-order valence-electron chi connectivity index (χ1n) is 53.9. The van der Waals surface area contributed by atoms with E-state index >= 15 is 0 Å². The van der Waals surface area contributed by atoms with Gasteiger partial charge in [0, 0.05) is 81.6 Å². The highest BCUT2D eigenvalue weighted by atomic mass is 28.3. The standard InChI is InChI=1S/C30H36NSi.2C28H32NSi.C27H30NSi.C26H28NSi/c1-8-23-18-24(9-2)22(4)29(19-23)30-28-16-15-27(20-25(28)17-21(3)31(30)5)32(6,7)26-13-11-10-12-14-26;1-19-15-20(2)22(4)27(16-19)28-26-14-13-25(18-23(26)17-21(3)29(28)5)30(6,7)24-11-9-8-10-12-24;1-7-22-14-13-20(2)27(18-22)28-26-16-15-25(19-23(26)17-21(3)29(28)4)30(5,6)24-11-9-8-10-12-24;1-19-12-13-20(2)26(16-19)27-25-15-14-24(18-22(25)17-21(3)28(27)4)29(5,6)23-10-8-7-9-11-23;1-19-11-9-10-14-24(19)26-25-16-15-23(18-21(25)17-20(2)27(26)3)28(4,5)22-12-7-6-8-13-22/h10-20H,8-9H2,1-7H3;8-18H,1-7H3;8-19H,7H2,1-6H3;7-18H,1-6H3;6-18H,1-5H3/q5*+1. The van der Waals surface area contributed by atoms with Gasteiger partial charge < -0.3 is 0 Å². The van der Waals surface area contributed by atoms with Gasteiger partial charge in [0.15, 0.2) is 28.5 Å². The molecule has 5 aromatic heterocycles. The Balaban J connectivity index is 0.000000133. The van der Waals surface area contributed by atoms with E-state index in [1.54, 1.807) is 0 Å². The predicted octanol–water partition coefficient (Wildman–Crippen LogP) is 26.5. The number of benzene rings is 15. The highest BCUT2D eigenvalue weighted by Gasteiger charge is 2.36. The molecule has 149 heavy (non-hydrogen) atoms. The lowest BCUT2D eigenvalue weighted by atomic mass is 9.92. The molecule has 0 aliphatic heterocycles. The number of hydrogen-bond acceptors (Lipinski definition) is 0. The number of aryl methyl sites for hydroxylation is 14. The molecule has 0 atom stereocenters. The van der Waals surface area contributed by atoms with Crippen molar-refractivity contribution in [2.24, 2.45) is 35.2 Å². The molecule has 0 spiro atoms. The lowest BCUT2D eigenvalue weighted by Crippen LogP contribution is -2.52. The Labute approximate surface area is 896 Å². The summed E-state index contributed by atoms with van der Waals surface area (Å²) < 4.78 is 11.7. The van der Waals surface area contributed by atoms with Crippen molar-refractivity contribution in [1.82, 2.24) is 0 Å². The molecule has 0 aliphatic carbocycles. The van der Waals surface area contributed by atoms with Crippen LogP contribution in [0.3, 0.4) is 0 Å². The van der Waals surface area contributed by atoms with Crippen LogP contribution in [0, 0.1) is 90.0 Å². The van der Waals surface area contributed by atoms with Crippen molar-refractivity contribution in [3.05, 3.63) is 448 Å². The molecule has 0 amide bonds. The van der Waals surface area contributed by atoms with E-state index in [2.05, 4.69) is 592 Å². The molecule has 0 fully saturated rings. The van der Waals surface area contributed by atoms with Crippen molar-refractivity contribution >= 4 is 146 Å². The molecule has 20 aromatic rings. The highest BCUT2D eigenvalue weighted by Crippen LogP contribution is 2.38. The quantitative estimate of drug-likeness (QED) is 0.0603. The summed E-state index contributed by atoms with van der Waals surface area (Å²) in [6.45, 7) is 60.1. The molecule has 754 valence electrons. The Kier molecular flexibility index (Phi) is 32.4. The van der Waals surface area contributed by atoms with Crippen molar-refractivity contribution in [3.8, 4) is 56.3 Å². The van der Waals surface area contributed by atoms with Crippen LogP contribution in [0.15, 0.2) is 358 Å². The van der Waals surface area contributed by atoms with Gasteiger partial charge in [-0.15, -0.1) is 0 Å². The third kappa shape index (κ3) is 22.1. The van der Waals surface area contributed by atoms with Crippen molar-refractivity contribution in [3.63, 3.8) is 0 Å². The summed E-state index contributed by atoms with van der Waals surface area (Å²) >= 11 is 0. The minimum Gasteiger partial charge on any atom is -0.198 e. The van der Waals surface area contributed by atoms with Gasteiger partial charge in [-0.05, 0) is 212 Å². The average Bonchev–Trinajstić information content (AvgIpc) is 0.758. The van der Waals surface area contributed by atoms with Crippen LogP contribution in [0.5, 0.6) is 0 Å². The Morgan fingerprint density at radius 3 is 0.738 bits per heavy atom. The molecule has 15 aromatic carbocycles. The fraction of sp³-hybridized carbons (Fsp3) is 0.245. The number of rotatable bonds is 18. The third-order valence-electron chi connectivity index (χ3n) is 33.5. The first-order valence-corrected chi connectivity index (χ1v) is 68.9. The van der Waals surface area contributed by atoms with Crippen LogP contribution in [-0.2, 0) is 54.5 Å². The maximum absolute atomic E-state index is 2.46. The Hall–Kier alpha value is -13.6. The SMILES string of the molecule is CCc1cc(CC)c(C)c(-c2c3ccc([Si](C)(C)c4ccccc4)cc3cc(C)[n+]2C)c1.CCc1ccc(C)c(-c2c3ccc([Si](C)(C)c4ccccc4)cc3cc(C)[n+]2C)c1.Cc1cc(C)c(C)c(-c2c3ccc([Si](C)(C)c4ccccc4)cc3cc(C)[n+]2C)c1.Cc1ccc(C)c(-c2c3ccc([Si](C)(C)c4ccccc4)cc3cc(C)[n+]2C)c1.Cc1ccccc1-c1c2ccc([Si](C)(C)c3ccccc3)cc2cc(C)[n+]1C. The van der Waals surface area contributed by atoms with Crippen LogP contribution in [0.1, 0.15) is 110 Å². The van der Waals surface area contributed by atoms with Gasteiger partial charge in [0.05, 0.1) is 38.1 Å². The second-order valence-electron chi connectivity index (χ2n) is 45.0. The second-order valence-corrected chi connectivity index (χ2v) is 67.0. The fourth-order valence-electron chi connectivity index (χ4n) is 22.5. The molecule has 20 rings (SSSR count). The van der Waals surface area contributed by atoms with E-state index < -0.39 is 40.4 Å². The molecule has 0 saturated heterocycles. The lowest BCUT2D eigenvalue weighted by Gasteiger charge is -2.24. The van der Waals surface area contributed by atoms with Crippen molar-refractivity contribution < 1.29 is 22.8 Å². The Morgan fingerprint density at radius 1 is 0.181 bits per heavy atom. The molecule has 5 heterocycles. The van der Waals surface area contributed by atoms with Crippen LogP contribution < -0.4 is 74.7 Å². The van der Waals surface area contributed by atoms with Crippen LogP contribution in [0.4, 0.5) is 0 Å². The van der Waals surface area contributed by atoms with Gasteiger partial charge in [-0.25, -0.2) is 0 Å². The summed E-state index contributed by atoms with van der Waals surface area (Å²) in [6.07, 6.45) is 3.19. The molecule has 0 bridgehead atoms. The summed E-state index contributed by atoms with van der Waals surface area (Å²) in [5.41, 5.74) is 34.7. The molecule has 0 N–H and O–H groups in total. The van der Waals surface area contributed by atoms with Gasteiger partial charge in [-0.2, -0.15) is 22.8 Å². The van der Waals surface area contributed by atoms with Crippen molar-refractivity contribution in [2.75, 3.05) is 0 Å². The number of hydrogen-bond donors (Lipinski definition) is 0. The molecule has 0 unspecified atom stereocenters. The van der Waals surface area contributed by atoms with E-state index in [1.165, 1.54) is 252 Å². The fourth-order valence-corrected chi connectivity index (χ4v) is 34.4. The number of nitrogens with zero attached hydrogens (tertiary/aromatic N) is 5. The summed E-state index contributed by atoms with van der Waals surface area (Å²) in [5.74, 6) is 0. The molecule has 10 heteroatoms. The number of fused-ring (bicyclic) bond motifs is 5. The largest absolute Gasteiger partial charge is 0.220 e. The zero-order chi connectivity index (χ0) is 107. The highest BCUT2D eigenvalue weighted by molar-refractivity contribution is 7.02. The van der Waals surface area contributed by atoms with Gasteiger partial charge in [0.25, 0.3) is 0 Å². The van der Waals surface area contributed by atoms with Crippen molar-refractivity contribution in [2.45, 2.75) is 196 Å². The summed E-state index contributed by atoms with van der Waals surface area (Å²) in [6, 6.07) is 134. The van der Waals surface area contributed by atoms with Gasteiger partial charge >= 0.3 is 0 Å². The molecule has 0 aliphatic rings. The third-order valence-corrected chi connectivity index (χ3v) is 51.1. The lowest BCUT2D eigenvalue weighted by molar-refractivity contribution is -0.665. The van der Waals surface area contributed by atoms with E-state index in [1.807, 2.05) is 0 Å². The van der Waals surface area contributed by atoms with Gasteiger partial charge in [-0.3, -0.25) is 0 Å². The predicted molar refractivity (Wildman–Crippen MR) is 658 cm³/mol. The van der Waals surface area contributed by atoms with E-state index in [9.17, 15) is 0 Å². The summed E-state index contributed by atoms with van der Waals surface area (Å²) in [4.78, 5) is 0. The minimum atomic E-state index is -1.75. The minimum absolute atomic E-state index is 1.06. The number of pyridine rings is 5. The second kappa shape index (κ2) is 44.7. The monoisotopic (exact) mass is 2040 g/mol. The summed E-state index contributed by atoms with van der Waals surface area (Å²) in [5, 5.41) is 28.2. The van der Waals surface area contributed by atoms with Gasteiger partial charge in [0.2, 0.25) is 28.5 Å². The number of aromatic nitrogens is 5. The van der Waals surface area contributed by atoms with E-state index in [0.29, 0.717) is 0 Å². The van der Waals surface area contributed by atoms with Gasteiger partial charge in [0.1, 0.15) is 75.6 Å². The zero-order valence-corrected chi connectivity index (χ0v) is 99.9. The molecule has 0 radical (unpaired) electrons. The zero-order valence-electron chi connectivity index (χ0n) is 94.9. The molecule has 5 nitrogen and oxygen atoms in total. The van der Waals surface area contributed by atoms with Crippen LogP contribution in [0.25, 0.3) is 110 Å². The topological polar surface area (TPSA) is 19.4 Å². The first-order chi connectivity index (χ1) is 71.0. The summed E-state index contributed by atoms with van der Waals surface area (Å²) in [7, 11) is 2.29. The molecular weight excluding hydrogens is 1880 g/mol. The maximum Gasteiger partial charge on any atom is 0.220 e. The van der Waals surface area contributed by atoms with Crippen LogP contribution >= 0.6 is 0 Å². The molecule has 0 saturated carbocycles. The van der Waals surface area contributed by atoms with Crippen LogP contribution in [-0.4, -0.2) is 40.4 Å². The first kappa shape index (κ1) is 108. The average molecular weight is 2040 g/mol. The Bertz CT molecular complexity index is 8410.